The maximum Gasteiger partial charge on any atom is 0.340 e. The molecule has 9 heavy (non-hydrogen) atoms. The number of hydrogen-bond acceptors (Lipinski definition) is 2. The lowest BCUT2D eigenvalue weighted by Gasteiger charge is -1.85. The van der Waals surface area contributed by atoms with Crippen molar-refractivity contribution in [2.24, 2.45) is 7.05 Å². The molecular formula is C4H5BrN2O2. The van der Waals surface area contributed by atoms with Gasteiger partial charge in [-0.2, -0.15) is 0 Å². The van der Waals surface area contributed by atoms with E-state index in [-0.39, 0.29) is 11.6 Å². The highest BCUT2D eigenvalue weighted by atomic mass is 79.9. The minimum atomic E-state index is -0.299. The molecule has 0 aliphatic carbocycles. The van der Waals surface area contributed by atoms with Crippen LogP contribution in [-0.2, 0) is 7.05 Å². The topological polar surface area (TPSA) is 47.2 Å². The predicted octanol–water partition coefficient (Wildman–Crippen LogP) is 0.0504. The number of halogens is 1. The third kappa shape index (κ3) is 0.873. The van der Waals surface area contributed by atoms with Crippen LogP contribution in [0.25, 0.3) is 0 Å². The summed E-state index contributed by atoms with van der Waals surface area (Å²) in [4.78, 5) is 10.7. The average Bonchev–Trinajstić information content (AvgIpc) is 1.98. The smallest absolute Gasteiger partial charge is 0.340 e. The normalized spacial score (nSPS) is 10.0. The molecule has 0 fully saturated rings. The Balaban J connectivity index is 3.48. The molecule has 0 atom stereocenters. The number of rotatable bonds is 0. The second kappa shape index (κ2) is 1.91. The van der Waals surface area contributed by atoms with Crippen molar-refractivity contribution in [3.8, 4) is 5.88 Å². The van der Waals surface area contributed by atoms with E-state index in [9.17, 15) is 4.79 Å². The molecule has 50 valence electrons. The number of imidazole rings is 1. The Bertz CT molecular complexity index is 275. The summed E-state index contributed by atoms with van der Waals surface area (Å²) in [6, 6.07) is 0. The van der Waals surface area contributed by atoms with Gasteiger partial charge in [-0.1, -0.05) is 0 Å². The minimum absolute atomic E-state index is 0.0584. The van der Waals surface area contributed by atoms with Gasteiger partial charge in [0.25, 0.3) is 0 Å². The quantitative estimate of drug-likeness (QED) is 0.632. The van der Waals surface area contributed by atoms with Gasteiger partial charge in [0.15, 0.2) is 0 Å². The van der Waals surface area contributed by atoms with Crippen LogP contribution in [0.1, 0.15) is 0 Å². The van der Waals surface area contributed by atoms with E-state index >= 15 is 0 Å². The molecule has 0 saturated heterocycles. The molecule has 4 nitrogen and oxygen atoms in total. The van der Waals surface area contributed by atoms with Gasteiger partial charge < -0.3 is 5.11 Å². The van der Waals surface area contributed by atoms with Crippen molar-refractivity contribution < 1.29 is 5.11 Å². The first-order chi connectivity index (χ1) is 4.13. The van der Waals surface area contributed by atoms with E-state index in [4.69, 9.17) is 5.11 Å². The zero-order chi connectivity index (χ0) is 7.02. The van der Waals surface area contributed by atoms with Crippen LogP contribution < -0.4 is 5.69 Å². The fourth-order valence-electron chi connectivity index (χ4n) is 0.484. The van der Waals surface area contributed by atoms with Crippen molar-refractivity contribution in [1.82, 2.24) is 8.16 Å². The van der Waals surface area contributed by atoms with E-state index in [1.165, 1.54) is 13.2 Å². The molecule has 1 rings (SSSR count). The highest BCUT2D eigenvalue weighted by Gasteiger charge is 2.01. The maximum atomic E-state index is 10.7. The first kappa shape index (κ1) is 6.41. The van der Waals surface area contributed by atoms with Gasteiger partial charge in [0.1, 0.15) is 0 Å². The first-order valence-corrected chi connectivity index (χ1v) is 2.97. The van der Waals surface area contributed by atoms with Gasteiger partial charge in [-0.05, 0) is 0 Å². The molecule has 0 saturated carbocycles. The standard InChI is InChI=1S/C4H5BrN2O2/c1-6-3(8)2-7(5)4(6)9/h2,8H,1H3. The SMILES string of the molecule is Cn1c(O)cn(Br)c1=O. The van der Waals surface area contributed by atoms with E-state index in [0.717, 1.165) is 8.16 Å². The van der Waals surface area contributed by atoms with Gasteiger partial charge in [-0.15, -0.1) is 0 Å². The summed E-state index contributed by atoms with van der Waals surface area (Å²) in [6.07, 6.45) is 1.28. The molecule has 0 amide bonds. The second-order valence-electron chi connectivity index (χ2n) is 1.64. The van der Waals surface area contributed by atoms with Gasteiger partial charge in [0.05, 0.1) is 22.3 Å². The van der Waals surface area contributed by atoms with Crippen molar-refractivity contribution in [2.75, 3.05) is 0 Å². The predicted molar refractivity (Wildman–Crippen MR) is 35.7 cm³/mol. The maximum absolute atomic E-state index is 10.7. The van der Waals surface area contributed by atoms with Crippen LogP contribution in [0.4, 0.5) is 0 Å². The molecule has 0 aromatic carbocycles. The van der Waals surface area contributed by atoms with Gasteiger partial charge in [-0.25, -0.2) is 8.39 Å². The molecule has 1 heterocycles. The van der Waals surface area contributed by atoms with Crippen molar-refractivity contribution >= 4 is 16.1 Å². The van der Waals surface area contributed by atoms with Crippen molar-refractivity contribution in [3.05, 3.63) is 16.7 Å². The van der Waals surface area contributed by atoms with Crippen molar-refractivity contribution in [1.29, 1.82) is 0 Å². The van der Waals surface area contributed by atoms with Crippen LogP contribution in [0, 0.1) is 0 Å². The summed E-state index contributed by atoms with van der Waals surface area (Å²) in [5, 5.41) is 8.83. The summed E-state index contributed by atoms with van der Waals surface area (Å²) in [5.41, 5.74) is -0.299. The lowest BCUT2D eigenvalue weighted by Crippen LogP contribution is -2.15. The zero-order valence-electron chi connectivity index (χ0n) is 4.71. The molecule has 0 spiro atoms. The Morgan fingerprint density at radius 1 is 1.78 bits per heavy atom. The van der Waals surface area contributed by atoms with Gasteiger partial charge in [0, 0.05) is 7.05 Å². The summed E-state index contributed by atoms with van der Waals surface area (Å²) >= 11 is 2.89. The van der Waals surface area contributed by atoms with Crippen LogP contribution >= 0.6 is 16.1 Å². The Morgan fingerprint density at radius 2 is 2.33 bits per heavy atom. The minimum Gasteiger partial charge on any atom is -0.493 e. The summed E-state index contributed by atoms with van der Waals surface area (Å²) in [5.74, 6) is -0.0584. The number of hydrogen-bond donors (Lipinski definition) is 1. The number of aromatic hydroxyl groups is 1. The van der Waals surface area contributed by atoms with Crippen LogP contribution in [0.2, 0.25) is 0 Å². The average molecular weight is 193 g/mol. The first-order valence-electron chi connectivity index (χ1n) is 2.26. The zero-order valence-corrected chi connectivity index (χ0v) is 6.29. The fourth-order valence-corrected chi connectivity index (χ4v) is 0.906. The van der Waals surface area contributed by atoms with Gasteiger partial charge in [0.2, 0.25) is 5.88 Å². The van der Waals surface area contributed by atoms with E-state index in [1.807, 2.05) is 0 Å². The summed E-state index contributed by atoms with van der Waals surface area (Å²) in [7, 11) is 1.48. The summed E-state index contributed by atoms with van der Waals surface area (Å²) < 4.78 is 2.25. The number of aromatic nitrogens is 2. The van der Waals surface area contributed by atoms with E-state index in [0.29, 0.717) is 0 Å². The van der Waals surface area contributed by atoms with Gasteiger partial charge in [-0.3, -0.25) is 4.57 Å². The third-order valence-corrected chi connectivity index (χ3v) is 1.55. The lowest BCUT2D eigenvalue weighted by molar-refractivity contribution is 0.429. The Labute approximate surface area is 59.7 Å². The van der Waals surface area contributed by atoms with Crippen molar-refractivity contribution in [2.45, 2.75) is 0 Å². The molecule has 1 aromatic rings. The van der Waals surface area contributed by atoms with Crippen molar-refractivity contribution in [3.63, 3.8) is 0 Å². The summed E-state index contributed by atoms with van der Waals surface area (Å²) in [6.45, 7) is 0. The van der Waals surface area contributed by atoms with Crippen LogP contribution in [-0.4, -0.2) is 13.3 Å². The molecule has 0 aliphatic rings. The monoisotopic (exact) mass is 192 g/mol. The van der Waals surface area contributed by atoms with Gasteiger partial charge >= 0.3 is 5.69 Å². The molecule has 1 N–H and O–H groups in total. The fraction of sp³-hybridized carbons (Fsp3) is 0.250. The molecule has 0 radical (unpaired) electrons. The Kier molecular flexibility index (Phi) is 1.36. The molecule has 0 unspecified atom stereocenters. The molecule has 0 bridgehead atoms. The lowest BCUT2D eigenvalue weighted by atomic mass is 10.8. The van der Waals surface area contributed by atoms with E-state index in [2.05, 4.69) is 16.1 Å². The van der Waals surface area contributed by atoms with Crippen LogP contribution in [0.5, 0.6) is 5.88 Å². The molecule has 0 aliphatic heterocycles. The number of nitrogens with zero attached hydrogens (tertiary/aromatic N) is 2. The molecular weight excluding hydrogens is 188 g/mol. The van der Waals surface area contributed by atoms with E-state index < -0.39 is 0 Å². The molecule has 5 heteroatoms. The highest BCUT2D eigenvalue weighted by molar-refractivity contribution is 9.08. The van der Waals surface area contributed by atoms with Crippen LogP contribution in [0.15, 0.2) is 11.0 Å². The highest BCUT2D eigenvalue weighted by Crippen LogP contribution is 2.03. The largest absolute Gasteiger partial charge is 0.493 e. The van der Waals surface area contributed by atoms with Crippen LogP contribution in [0.3, 0.4) is 0 Å². The van der Waals surface area contributed by atoms with E-state index in [1.54, 1.807) is 0 Å². The second-order valence-corrected chi connectivity index (χ2v) is 2.40. The Morgan fingerprint density at radius 3 is 2.44 bits per heavy atom. The third-order valence-electron chi connectivity index (χ3n) is 1.04. The molecule has 1 aromatic heterocycles. The Hall–Kier alpha value is -0.710.